The first-order valence-corrected chi connectivity index (χ1v) is 5.14. The van der Waals surface area contributed by atoms with E-state index in [-0.39, 0.29) is 0 Å². The number of rotatable bonds is 2. The predicted molar refractivity (Wildman–Crippen MR) is 55.2 cm³/mol. The maximum atomic E-state index is 9.41. The first-order valence-electron chi connectivity index (χ1n) is 5.14. The number of aliphatic hydroxyl groups excluding tert-OH is 2. The summed E-state index contributed by atoms with van der Waals surface area (Å²) in [7, 11) is 1.91. The number of aromatic nitrogens is 2. The smallest absolute Gasteiger partial charge is 0.0938 e. The van der Waals surface area contributed by atoms with E-state index in [0.29, 0.717) is 13.1 Å². The second kappa shape index (κ2) is 3.92. The van der Waals surface area contributed by atoms with Gasteiger partial charge in [-0.05, 0) is 13.0 Å². The van der Waals surface area contributed by atoms with Crippen LogP contribution in [0.2, 0.25) is 0 Å². The SMILES string of the molecule is Cc1cc(CN2CC(O)C(O)C2)n(C)n1. The lowest BCUT2D eigenvalue weighted by Gasteiger charge is -2.14. The first kappa shape index (κ1) is 10.6. The molecule has 1 aliphatic heterocycles. The summed E-state index contributed by atoms with van der Waals surface area (Å²) in [5, 5.41) is 23.1. The van der Waals surface area contributed by atoms with Gasteiger partial charge in [-0.15, -0.1) is 0 Å². The summed E-state index contributed by atoms with van der Waals surface area (Å²) in [5.41, 5.74) is 2.10. The van der Waals surface area contributed by atoms with Crippen LogP contribution in [-0.4, -0.2) is 50.2 Å². The number of nitrogens with zero attached hydrogens (tertiary/aromatic N) is 3. The summed E-state index contributed by atoms with van der Waals surface area (Å²) < 4.78 is 1.84. The van der Waals surface area contributed by atoms with Crippen molar-refractivity contribution in [2.24, 2.45) is 7.05 Å². The van der Waals surface area contributed by atoms with Gasteiger partial charge in [-0.25, -0.2) is 0 Å². The van der Waals surface area contributed by atoms with Crippen LogP contribution in [0.15, 0.2) is 6.07 Å². The van der Waals surface area contributed by atoms with Gasteiger partial charge in [0.05, 0.1) is 23.6 Å². The van der Waals surface area contributed by atoms with Crippen molar-refractivity contribution in [2.45, 2.75) is 25.7 Å². The van der Waals surface area contributed by atoms with Crippen LogP contribution in [0.3, 0.4) is 0 Å². The topological polar surface area (TPSA) is 61.5 Å². The summed E-state index contributed by atoms with van der Waals surface area (Å²) in [6.45, 7) is 3.75. The highest BCUT2D eigenvalue weighted by Gasteiger charge is 2.29. The molecule has 2 rings (SSSR count). The molecule has 0 bridgehead atoms. The third-order valence-electron chi connectivity index (χ3n) is 2.82. The fourth-order valence-corrected chi connectivity index (χ4v) is 2.02. The summed E-state index contributed by atoms with van der Waals surface area (Å²) in [6.07, 6.45) is -1.22. The maximum Gasteiger partial charge on any atom is 0.0938 e. The first-order chi connectivity index (χ1) is 7.06. The molecule has 2 heterocycles. The average Bonchev–Trinajstić information content (AvgIpc) is 2.59. The Morgan fingerprint density at radius 2 is 2.00 bits per heavy atom. The van der Waals surface area contributed by atoms with Gasteiger partial charge >= 0.3 is 0 Å². The van der Waals surface area contributed by atoms with Gasteiger partial charge in [-0.1, -0.05) is 0 Å². The zero-order chi connectivity index (χ0) is 11.0. The number of likely N-dealkylation sites (tertiary alicyclic amines) is 1. The molecule has 1 saturated heterocycles. The Bertz CT molecular complexity index is 340. The van der Waals surface area contributed by atoms with Gasteiger partial charge in [0.15, 0.2) is 0 Å². The Labute approximate surface area is 88.9 Å². The zero-order valence-corrected chi connectivity index (χ0v) is 9.09. The van der Waals surface area contributed by atoms with Crippen LogP contribution >= 0.6 is 0 Å². The molecule has 1 aromatic rings. The Balaban J connectivity index is 2.01. The van der Waals surface area contributed by atoms with Crippen molar-refractivity contribution in [1.82, 2.24) is 14.7 Å². The molecule has 84 valence electrons. The van der Waals surface area contributed by atoms with E-state index in [1.807, 2.05) is 29.6 Å². The van der Waals surface area contributed by atoms with E-state index in [1.54, 1.807) is 0 Å². The molecule has 0 aromatic carbocycles. The highest BCUT2D eigenvalue weighted by atomic mass is 16.3. The number of aliphatic hydroxyl groups is 2. The second-order valence-corrected chi connectivity index (χ2v) is 4.23. The lowest BCUT2D eigenvalue weighted by atomic mass is 10.3. The van der Waals surface area contributed by atoms with Crippen molar-refractivity contribution in [1.29, 1.82) is 0 Å². The molecule has 0 spiro atoms. The highest BCUT2D eigenvalue weighted by Crippen LogP contribution is 2.14. The molecule has 2 unspecified atom stereocenters. The second-order valence-electron chi connectivity index (χ2n) is 4.23. The van der Waals surface area contributed by atoms with Crippen LogP contribution in [0, 0.1) is 6.92 Å². The number of hydrogen-bond donors (Lipinski definition) is 2. The monoisotopic (exact) mass is 211 g/mol. The Hall–Kier alpha value is -0.910. The molecule has 0 saturated carbocycles. The van der Waals surface area contributed by atoms with Crippen molar-refractivity contribution in [3.05, 3.63) is 17.5 Å². The van der Waals surface area contributed by atoms with Gasteiger partial charge in [0.2, 0.25) is 0 Å². The van der Waals surface area contributed by atoms with Gasteiger partial charge in [0, 0.05) is 26.7 Å². The Morgan fingerprint density at radius 1 is 1.40 bits per heavy atom. The minimum atomic E-state index is -0.612. The van der Waals surface area contributed by atoms with Crippen molar-refractivity contribution < 1.29 is 10.2 Å². The van der Waals surface area contributed by atoms with Gasteiger partial charge in [0.25, 0.3) is 0 Å². The standard InChI is InChI=1S/C10H17N3O2/c1-7-3-8(12(2)11-7)4-13-5-9(14)10(15)6-13/h3,9-10,14-15H,4-6H2,1-2H3. The lowest BCUT2D eigenvalue weighted by Crippen LogP contribution is -2.22. The van der Waals surface area contributed by atoms with E-state index in [0.717, 1.165) is 17.9 Å². The molecular formula is C10H17N3O2. The highest BCUT2D eigenvalue weighted by molar-refractivity contribution is 5.09. The molecule has 2 atom stereocenters. The zero-order valence-electron chi connectivity index (χ0n) is 9.09. The molecule has 0 aliphatic carbocycles. The van der Waals surface area contributed by atoms with E-state index in [4.69, 9.17) is 0 Å². The van der Waals surface area contributed by atoms with E-state index in [9.17, 15) is 10.2 Å². The molecule has 1 aliphatic rings. The van der Waals surface area contributed by atoms with Crippen LogP contribution in [-0.2, 0) is 13.6 Å². The molecule has 1 aromatic heterocycles. The molecule has 5 heteroatoms. The van der Waals surface area contributed by atoms with Crippen LogP contribution in [0.1, 0.15) is 11.4 Å². The van der Waals surface area contributed by atoms with E-state index in [2.05, 4.69) is 5.10 Å². The maximum absolute atomic E-state index is 9.41. The summed E-state index contributed by atoms with van der Waals surface area (Å²) >= 11 is 0. The van der Waals surface area contributed by atoms with Crippen molar-refractivity contribution in [3.8, 4) is 0 Å². The quantitative estimate of drug-likeness (QED) is 0.677. The summed E-state index contributed by atoms with van der Waals surface area (Å²) in [4.78, 5) is 2.03. The van der Waals surface area contributed by atoms with Crippen molar-refractivity contribution in [3.63, 3.8) is 0 Å². The molecular weight excluding hydrogens is 194 g/mol. The van der Waals surface area contributed by atoms with E-state index >= 15 is 0 Å². The van der Waals surface area contributed by atoms with Gasteiger partial charge in [-0.3, -0.25) is 9.58 Å². The van der Waals surface area contributed by atoms with Crippen LogP contribution in [0.25, 0.3) is 0 Å². The molecule has 0 amide bonds. The summed E-state index contributed by atoms with van der Waals surface area (Å²) in [6, 6.07) is 2.02. The van der Waals surface area contributed by atoms with Gasteiger partial charge in [0.1, 0.15) is 0 Å². The average molecular weight is 211 g/mol. The third kappa shape index (κ3) is 2.19. The molecule has 5 nitrogen and oxygen atoms in total. The number of aryl methyl sites for hydroxylation is 2. The molecule has 15 heavy (non-hydrogen) atoms. The largest absolute Gasteiger partial charge is 0.389 e. The van der Waals surface area contributed by atoms with E-state index < -0.39 is 12.2 Å². The summed E-state index contributed by atoms with van der Waals surface area (Å²) in [5.74, 6) is 0. The fraction of sp³-hybridized carbons (Fsp3) is 0.700. The fourth-order valence-electron chi connectivity index (χ4n) is 2.02. The normalized spacial score (nSPS) is 27.5. The van der Waals surface area contributed by atoms with Crippen LogP contribution < -0.4 is 0 Å². The minimum absolute atomic E-state index is 0.533. The molecule has 0 radical (unpaired) electrons. The third-order valence-corrected chi connectivity index (χ3v) is 2.82. The van der Waals surface area contributed by atoms with Crippen molar-refractivity contribution >= 4 is 0 Å². The molecule has 2 N–H and O–H groups in total. The number of β-amino-alcohol motifs (C(OH)–C–C–N with tert-alkyl or cyclic N) is 2. The van der Waals surface area contributed by atoms with Crippen molar-refractivity contribution in [2.75, 3.05) is 13.1 Å². The number of hydrogen-bond acceptors (Lipinski definition) is 4. The van der Waals surface area contributed by atoms with Crippen LogP contribution in [0.5, 0.6) is 0 Å². The van der Waals surface area contributed by atoms with Crippen LogP contribution in [0.4, 0.5) is 0 Å². The lowest BCUT2D eigenvalue weighted by molar-refractivity contribution is 0.0572. The molecule has 1 fully saturated rings. The van der Waals surface area contributed by atoms with Gasteiger partial charge < -0.3 is 10.2 Å². The Kier molecular flexibility index (Phi) is 2.77. The van der Waals surface area contributed by atoms with E-state index in [1.165, 1.54) is 0 Å². The minimum Gasteiger partial charge on any atom is -0.389 e. The Morgan fingerprint density at radius 3 is 2.47 bits per heavy atom. The van der Waals surface area contributed by atoms with Gasteiger partial charge in [-0.2, -0.15) is 5.10 Å². The predicted octanol–water partition coefficient (Wildman–Crippen LogP) is -0.734.